The topological polar surface area (TPSA) is 50.1 Å². The molecule has 0 aliphatic heterocycles. The number of aryl methyl sites for hydroxylation is 2. The number of aliphatic hydroxyl groups excluding tert-OH is 1. The van der Waals surface area contributed by atoms with Gasteiger partial charge in [0, 0.05) is 13.1 Å². The average Bonchev–Trinajstić information content (AvgIpc) is 2.81. The maximum atomic E-state index is 9.50. The normalized spacial score (nSPS) is 12.6. The van der Waals surface area contributed by atoms with E-state index in [-0.39, 0.29) is 12.6 Å². The van der Waals surface area contributed by atoms with E-state index in [0.717, 1.165) is 23.5 Å². The van der Waals surface area contributed by atoms with Crippen molar-refractivity contribution in [1.29, 1.82) is 0 Å². The Kier molecular flexibility index (Phi) is 4.71. The quantitative estimate of drug-likeness (QED) is 0.834. The van der Waals surface area contributed by atoms with Crippen LogP contribution in [0.2, 0.25) is 0 Å². The van der Waals surface area contributed by atoms with Crippen molar-refractivity contribution in [2.45, 2.75) is 33.0 Å². The van der Waals surface area contributed by atoms with Crippen molar-refractivity contribution in [1.82, 2.24) is 15.1 Å². The van der Waals surface area contributed by atoms with Crippen molar-refractivity contribution in [3.05, 3.63) is 53.3 Å². The molecule has 0 radical (unpaired) electrons. The van der Waals surface area contributed by atoms with Crippen molar-refractivity contribution in [2.24, 2.45) is 0 Å². The monoisotopic (exact) mass is 259 g/mol. The minimum Gasteiger partial charge on any atom is -0.394 e. The van der Waals surface area contributed by atoms with Crippen LogP contribution in [0.15, 0.2) is 36.4 Å². The molecule has 4 heteroatoms. The second-order valence-electron chi connectivity index (χ2n) is 4.62. The number of benzene rings is 1. The van der Waals surface area contributed by atoms with Gasteiger partial charge in [0.25, 0.3) is 0 Å². The summed E-state index contributed by atoms with van der Waals surface area (Å²) in [5.41, 5.74) is 3.28. The Morgan fingerprint density at radius 3 is 2.68 bits per heavy atom. The number of nitrogens with one attached hydrogen (secondary N) is 1. The molecule has 0 spiro atoms. The lowest BCUT2D eigenvalue weighted by Crippen LogP contribution is -2.25. The van der Waals surface area contributed by atoms with Crippen LogP contribution >= 0.6 is 0 Å². The van der Waals surface area contributed by atoms with Crippen LogP contribution in [0.4, 0.5) is 0 Å². The van der Waals surface area contributed by atoms with E-state index in [4.69, 9.17) is 0 Å². The Hall–Kier alpha value is -1.65. The maximum Gasteiger partial charge on any atom is 0.0626 e. The summed E-state index contributed by atoms with van der Waals surface area (Å²) in [4.78, 5) is 0. The fourth-order valence-electron chi connectivity index (χ4n) is 2.22. The summed E-state index contributed by atoms with van der Waals surface area (Å²) < 4.78 is 1.99. The summed E-state index contributed by atoms with van der Waals surface area (Å²) in [5, 5.41) is 17.3. The summed E-state index contributed by atoms with van der Waals surface area (Å²) in [6, 6.07) is 12.0. The van der Waals surface area contributed by atoms with Crippen LogP contribution in [0, 0.1) is 6.92 Å². The third-order valence-corrected chi connectivity index (χ3v) is 3.20. The molecule has 19 heavy (non-hydrogen) atoms. The highest BCUT2D eigenvalue weighted by Crippen LogP contribution is 2.13. The Balaban J connectivity index is 2.04. The average molecular weight is 259 g/mol. The standard InChI is InChI=1S/C15H21N3O/c1-3-18-14(9-12(2)17-18)10-16-15(11-19)13-7-5-4-6-8-13/h4-9,15-16,19H,3,10-11H2,1-2H3. The van der Waals surface area contributed by atoms with Gasteiger partial charge in [-0.1, -0.05) is 30.3 Å². The van der Waals surface area contributed by atoms with Crippen molar-refractivity contribution in [3.63, 3.8) is 0 Å². The lowest BCUT2D eigenvalue weighted by atomic mass is 10.1. The van der Waals surface area contributed by atoms with Gasteiger partial charge in [0.05, 0.1) is 24.0 Å². The molecule has 0 saturated carbocycles. The minimum absolute atomic E-state index is 0.0401. The summed E-state index contributed by atoms with van der Waals surface area (Å²) in [6.45, 7) is 5.73. The van der Waals surface area contributed by atoms with Gasteiger partial charge in [-0.3, -0.25) is 4.68 Å². The first kappa shape index (κ1) is 13.8. The predicted molar refractivity (Wildman–Crippen MR) is 75.7 cm³/mol. The fourth-order valence-corrected chi connectivity index (χ4v) is 2.22. The zero-order valence-electron chi connectivity index (χ0n) is 11.5. The summed E-state index contributed by atoms with van der Waals surface area (Å²) in [6.07, 6.45) is 0. The molecule has 0 bridgehead atoms. The first-order valence-corrected chi connectivity index (χ1v) is 6.67. The van der Waals surface area contributed by atoms with Crippen LogP contribution in [0.5, 0.6) is 0 Å². The molecule has 2 N–H and O–H groups in total. The van der Waals surface area contributed by atoms with E-state index in [1.165, 1.54) is 0 Å². The first-order valence-electron chi connectivity index (χ1n) is 6.67. The third kappa shape index (κ3) is 3.43. The number of hydrogen-bond acceptors (Lipinski definition) is 3. The number of nitrogens with zero attached hydrogens (tertiary/aromatic N) is 2. The Labute approximate surface area is 114 Å². The van der Waals surface area contributed by atoms with Crippen LogP contribution in [-0.4, -0.2) is 21.5 Å². The third-order valence-electron chi connectivity index (χ3n) is 3.20. The van der Waals surface area contributed by atoms with E-state index in [2.05, 4.69) is 23.4 Å². The van der Waals surface area contributed by atoms with E-state index in [1.807, 2.05) is 41.9 Å². The molecule has 1 aromatic carbocycles. The molecule has 1 aromatic heterocycles. The molecule has 0 amide bonds. The fraction of sp³-hybridized carbons (Fsp3) is 0.400. The second kappa shape index (κ2) is 6.50. The number of aliphatic hydroxyl groups is 1. The van der Waals surface area contributed by atoms with E-state index < -0.39 is 0 Å². The van der Waals surface area contributed by atoms with E-state index in [9.17, 15) is 5.11 Å². The first-order chi connectivity index (χ1) is 9.24. The molecular weight excluding hydrogens is 238 g/mol. The van der Waals surface area contributed by atoms with E-state index >= 15 is 0 Å². The summed E-state index contributed by atoms with van der Waals surface area (Å²) in [7, 11) is 0. The molecule has 102 valence electrons. The number of aromatic nitrogens is 2. The van der Waals surface area contributed by atoms with Gasteiger partial charge in [-0.15, -0.1) is 0 Å². The summed E-state index contributed by atoms with van der Waals surface area (Å²) in [5.74, 6) is 0. The number of hydrogen-bond donors (Lipinski definition) is 2. The smallest absolute Gasteiger partial charge is 0.0626 e. The Bertz CT molecular complexity index is 507. The van der Waals surface area contributed by atoms with Crippen LogP contribution in [0.1, 0.15) is 29.9 Å². The maximum absolute atomic E-state index is 9.50. The van der Waals surface area contributed by atoms with E-state index in [0.29, 0.717) is 6.54 Å². The van der Waals surface area contributed by atoms with Crippen LogP contribution in [-0.2, 0) is 13.1 Å². The molecule has 2 rings (SSSR count). The molecule has 2 aromatic rings. The van der Waals surface area contributed by atoms with Gasteiger partial charge >= 0.3 is 0 Å². The summed E-state index contributed by atoms with van der Waals surface area (Å²) >= 11 is 0. The molecule has 4 nitrogen and oxygen atoms in total. The van der Waals surface area contributed by atoms with Gasteiger partial charge in [-0.25, -0.2) is 0 Å². The van der Waals surface area contributed by atoms with E-state index in [1.54, 1.807) is 0 Å². The zero-order chi connectivity index (χ0) is 13.7. The highest BCUT2D eigenvalue weighted by Gasteiger charge is 2.11. The van der Waals surface area contributed by atoms with Crippen molar-refractivity contribution in [2.75, 3.05) is 6.61 Å². The van der Waals surface area contributed by atoms with Crippen LogP contribution in [0.3, 0.4) is 0 Å². The molecule has 0 aliphatic carbocycles. The lowest BCUT2D eigenvalue weighted by Gasteiger charge is -2.17. The van der Waals surface area contributed by atoms with Gasteiger partial charge in [-0.2, -0.15) is 5.10 Å². The Morgan fingerprint density at radius 2 is 2.05 bits per heavy atom. The van der Waals surface area contributed by atoms with Crippen molar-refractivity contribution >= 4 is 0 Å². The van der Waals surface area contributed by atoms with Gasteiger partial charge in [0.15, 0.2) is 0 Å². The van der Waals surface area contributed by atoms with Crippen molar-refractivity contribution in [3.8, 4) is 0 Å². The SMILES string of the molecule is CCn1nc(C)cc1CNC(CO)c1ccccc1. The molecule has 1 heterocycles. The lowest BCUT2D eigenvalue weighted by molar-refractivity contribution is 0.242. The molecule has 0 saturated heterocycles. The molecule has 0 fully saturated rings. The molecule has 1 unspecified atom stereocenters. The van der Waals surface area contributed by atoms with Gasteiger partial charge in [0.2, 0.25) is 0 Å². The predicted octanol–water partition coefficient (Wildman–Crippen LogP) is 2.03. The van der Waals surface area contributed by atoms with Gasteiger partial charge < -0.3 is 10.4 Å². The second-order valence-corrected chi connectivity index (χ2v) is 4.62. The molecule has 0 aliphatic rings. The Morgan fingerprint density at radius 1 is 1.32 bits per heavy atom. The van der Waals surface area contributed by atoms with Crippen LogP contribution < -0.4 is 5.32 Å². The van der Waals surface area contributed by atoms with Crippen LogP contribution in [0.25, 0.3) is 0 Å². The minimum atomic E-state index is -0.0401. The largest absolute Gasteiger partial charge is 0.394 e. The van der Waals surface area contributed by atoms with Gasteiger partial charge in [0.1, 0.15) is 0 Å². The molecule has 1 atom stereocenters. The highest BCUT2D eigenvalue weighted by molar-refractivity contribution is 5.19. The number of rotatable bonds is 6. The molecular formula is C15H21N3O. The van der Waals surface area contributed by atoms with Crippen molar-refractivity contribution < 1.29 is 5.11 Å². The zero-order valence-corrected chi connectivity index (χ0v) is 11.5. The highest BCUT2D eigenvalue weighted by atomic mass is 16.3. The van der Waals surface area contributed by atoms with Gasteiger partial charge in [-0.05, 0) is 25.5 Å².